The van der Waals surface area contributed by atoms with Gasteiger partial charge in [-0.15, -0.1) is 0 Å². The summed E-state index contributed by atoms with van der Waals surface area (Å²) in [4.78, 5) is 29.2. The molecule has 1 saturated carbocycles. The van der Waals surface area contributed by atoms with Crippen LogP contribution in [0.2, 0.25) is 10.0 Å². The Morgan fingerprint density at radius 3 is 2.20 bits per heavy atom. The van der Waals surface area contributed by atoms with E-state index in [2.05, 4.69) is 0 Å². The molecule has 10 nitrogen and oxygen atoms in total. The topological polar surface area (TPSA) is 135 Å². The second-order valence-corrected chi connectivity index (χ2v) is 13.4. The molecule has 12 heteroatoms. The minimum absolute atomic E-state index is 0.0266. The summed E-state index contributed by atoms with van der Waals surface area (Å²) in [6.45, 7) is 5.04. The van der Waals surface area contributed by atoms with E-state index in [1.807, 2.05) is 48.2 Å². The molecular formula is C37H47Cl2N3O7. The predicted molar refractivity (Wildman–Crippen MR) is 192 cm³/mol. The van der Waals surface area contributed by atoms with Crippen molar-refractivity contribution in [2.45, 2.75) is 64.6 Å². The normalized spacial score (nSPS) is 13.9. The zero-order valence-electron chi connectivity index (χ0n) is 28.4. The second-order valence-electron chi connectivity index (χ2n) is 12.6. The summed E-state index contributed by atoms with van der Waals surface area (Å²) >= 11 is 12.5. The van der Waals surface area contributed by atoms with Crippen molar-refractivity contribution in [2.75, 3.05) is 44.9 Å². The Bertz CT molecular complexity index is 1530. The molecule has 1 aliphatic rings. The van der Waals surface area contributed by atoms with Crippen molar-refractivity contribution in [1.29, 1.82) is 0 Å². The number of aliphatic hydroxyl groups excluding tert-OH is 1. The molecule has 2 unspecified atom stereocenters. The van der Waals surface area contributed by atoms with E-state index in [1.165, 1.54) is 0 Å². The Hall–Kier alpha value is -3.54. The van der Waals surface area contributed by atoms with Crippen molar-refractivity contribution in [1.82, 2.24) is 4.90 Å². The Balaban J connectivity index is 1.41. The quantitative estimate of drug-likeness (QED) is 0.120. The zero-order chi connectivity index (χ0) is 35.5. The molecule has 0 saturated heterocycles. The third-order valence-corrected chi connectivity index (χ3v) is 8.81. The van der Waals surface area contributed by atoms with Gasteiger partial charge in [0.25, 0.3) is 0 Å². The molecule has 0 aromatic heterocycles. The van der Waals surface area contributed by atoms with E-state index in [-0.39, 0.29) is 31.6 Å². The number of ether oxygens (including phenoxy) is 3. The van der Waals surface area contributed by atoms with E-state index in [0.717, 1.165) is 46.4 Å². The van der Waals surface area contributed by atoms with Crippen LogP contribution < -0.4 is 20.1 Å². The molecule has 0 radical (unpaired) electrons. The first-order valence-corrected chi connectivity index (χ1v) is 17.4. The molecule has 49 heavy (non-hydrogen) atoms. The lowest BCUT2D eigenvalue weighted by atomic mass is 9.97. The number of hydrogen-bond acceptors (Lipinski definition) is 7. The van der Waals surface area contributed by atoms with Gasteiger partial charge in [-0.2, -0.15) is 0 Å². The van der Waals surface area contributed by atoms with Crippen LogP contribution in [0.1, 0.15) is 48.4 Å². The van der Waals surface area contributed by atoms with Crippen LogP contribution in [0, 0.1) is 12.8 Å². The SMILES string of the molecule is COCCCc1cc(CN(C(=O)C(CN)Cc2ccc(OCCOc3c(Cl)cc(C)cc3Cl)cc2)C2CC2)cc(N(CC(C)O)C(=O)O)c1. The van der Waals surface area contributed by atoms with Gasteiger partial charge in [-0.1, -0.05) is 41.4 Å². The Labute approximate surface area is 298 Å². The average molecular weight is 717 g/mol. The maximum absolute atomic E-state index is 14.0. The van der Waals surface area contributed by atoms with Gasteiger partial charge in [0.05, 0.1) is 28.6 Å². The Morgan fingerprint density at radius 2 is 1.61 bits per heavy atom. The van der Waals surface area contributed by atoms with E-state index < -0.39 is 18.1 Å². The highest BCUT2D eigenvalue weighted by molar-refractivity contribution is 6.37. The second kappa shape index (κ2) is 18.5. The van der Waals surface area contributed by atoms with Crippen molar-refractivity contribution in [3.63, 3.8) is 0 Å². The summed E-state index contributed by atoms with van der Waals surface area (Å²) in [5.74, 6) is 0.636. The summed E-state index contributed by atoms with van der Waals surface area (Å²) in [7, 11) is 1.64. The van der Waals surface area contributed by atoms with Crippen LogP contribution in [0.15, 0.2) is 54.6 Å². The van der Waals surface area contributed by atoms with Crippen LogP contribution in [-0.4, -0.2) is 79.3 Å². The monoisotopic (exact) mass is 715 g/mol. The number of rotatable bonds is 19. The Morgan fingerprint density at radius 1 is 0.959 bits per heavy atom. The van der Waals surface area contributed by atoms with Crippen LogP contribution in [-0.2, 0) is 28.9 Å². The molecule has 266 valence electrons. The fraction of sp³-hybridized carbons (Fsp3) is 0.459. The summed E-state index contributed by atoms with van der Waals surface area (Å²) < 4.78 is 16.8. The molecule has 1 fully saturated rings. The highest BCUT2D eigenvalue weighted by Gasteiger charge is 2.35. The molecule has 1 aliphatic carbocycles. The van der Waals surface area contributed by atoms with Crippen molar-refractivity contribution in [2.24, 2.45) is 11.7 Å². The number of halogens is 2. The highest BCUT2D eigenvalue weighted by atomic mass is 35.5. The summed E-state index contributed by atoms with van der Waals surface area (Å²) in [5, 5.41) is 20.8. The lowest BCUT2D eigenvalue weighted by molar-refractivity contribution is -0.136. The van der Waals surface area contributed by atoms with E-state index in [0.29, 0.717) is 59.8 Å². The minimum Gasteiger partial charge on any atom is -0.490 e. The smallest absolute Gasteiger partial charge is 0.411 e. The molecule has 2 amide bonds. The highest BCUT2D eigenvalue weighted by Crippen LogP contribution is 2.34. The number of nitrogens with zero attached hydrogens (tertiary/aromatic N) is 2. The number of nitrogens with two attached hydrogens (primary N) is 1. The van der Waals surface area contributed by atoms with Crippen LogP contribution >= 0.6 is 23.2 Å². The van der Waals surface area contributed by atoms with Gasteiger partial charge < -0.3 is 35.1 Å². The van der Waals surface area contributed by atoms with Gasteiger partial charge >= 0.3 is 6.09 Å². The number of anilines is 1. The number of benzene rings is 3. The largest absolute Gasteiger partial charge is 0.490 e. The number of aryl methyl sites for hydroxylation is 2. The van der Waals surface area contributed by atoms with Crippen molar-refractivity contribution >= 4 is 40.9 Å². The molecule has 4 rings (SSSR count). The summed E-state index contributed by atoms with van der Waals surface area (Å²) in [6, 6.07) is 16.9. The fourth-order valence-electron chi connectivity index (χ4n) is 5.72. The number of amides is 2. The first kappa shape index (κ1) is 38.3. The zero-order valence-corrected chi connectivity index (χ0v) is 29.9. The molecule has 0 heterocycles. The number of aliphatic hydroxyl groups is 1. The molecule has 3 aromatic carbocycles. The third kappa shape index (κ3) is 11.5. The molecule has 0 bridgehead atoms. The van der Waals surface area contributed by atoms with E-state index in [9.17, 15) is 19.8 Å². The molecule has 4 N–H and O–H groups in total. The van der Waals surface area contributed by atoms with Crippen molar-refractivity contribution in [3.8, 4) is 11.5 Å². The Kier molecular flexibility index (Phi) is 14.4. The van der Waals surface area contributed by atoms with E-state index in [4.69, 9.17) is 43.1 Å². The van der Waals surface area contributed by atoms with Gasteiger partial charge in [0, 0.05) is 38.5 Å². The maximum Gasteiger partial charge on any atom is 0.411 e. The molecule has 0 aliphatic heterocycles. The first-order chi connectivity index (χ1) is 23.5. The first-order valence-electron chi connectivity index (χ1n) is 16.6. The fourth-order valence-corrected chi connectivity index (χ4v) is 6.43. The molecule has 3 aromatic rings. The standard InChI is InChI=1S/C37H47Cl2N3O7/c1-24-15-33(38)35(34(39)16-24)49-14-13-48-32-10-6-26(7-11-32)18-29(21-40)36(44)41(30-8-9-30)23-28-17-27(5-4-12-47-3)19-31(20-28)42(37(45)46)22-25(2)43/h6-7,10-11,15-17,19-20,25,29-30,43H,4-5,8-9,12-14,18,21-23,40H2,1-3H3,(H,45,46). The van der Waals surface area contributed by atoms with Crippen LogP contribution in [0.5, 0.6) is 11.5 Å². The van der Waals surface area contributed by atoms with Gasteiger partial charge in [0.1, 0.15) is 19.0 Å². The number of carbonyl (C=O) groups is 2. The number of hydrogen-bond donors (Lipinski definition) is 3. The van der Waals surface area contributed by atoms with E-state index >= 15 is 0 Å². The number of methoxy groups -OCH3 is 1. The molecule has 0 spiro atoms. The molecular weight excluding hydrogens is 669 g/mol. The van der Waals surface area contributed by atoms with Crippen LogP contribution in [0.4, 0.5) is 10.5 Å². The summed E-state index contributed by atoms with van der Waals surface area (Å²) in [6.07, 6.45) is 1.73. The van der Waals surface area contributed by atoms with Gasteiger partial charge in [-0.25, -0.2) is 4.79 Å². The van der Waals surface area contributed by atoms with Crippen molar-refractivity contribution in [3.05, 3.63) is 86.9 Å². The molecule has 2 atom stereocenters. The lowest BCUT2D eigenvalue weighted by Gasteiger charge is -2.28. The van der Waals surface area contributed by atoms with Crippen LogP contribution in [0.3, 0.4) is 0 Å². The van der Waals surface area contributed by atoms with Gasteiger partial charge in [0.2, 0.25) is 5.91 Å². The van der Waals surface area contributed by atoms with Gasteiger partial charge in [-0.05, 0) is 105 Å². The van der Waals surface area contributed by atoms with Crippen molar-refractivity contribution < 1.29 is 34.0 Å². The third-order valence-electron chi connectivity index (χ3n) is 8.24. The predicted octanol–water partition coefficient (Wildman–Crippen LogP) is 6.51. The number of carbonyl (C=O) groups excluding carboxylic acids is 1. The summed E-state index contributed by atoms with van der Waals surface area (Å²) in [5.41, 5.74) is 10.3. The maximum atomic E-state index is 14.0. The lowest BCUT2D eigenvalue weighted by Crippen LogP contribution is -2.41. The average Bonchev–Trinajstić information content (AvgIpc) is 3.90. The van der Waals surface area contributed by atoms with E-state index in [1.54, 1.807) is 32.2 Å². The van der Waals surface area contributed by atoms with Gasteiger partial charge in [0.15, 0.2) is 5.75 Å². The van der Waals surface area contributed by atoms with Gasteiger partial charge in [-0.3, -0.25) is 9.69 Å². The minimum atomic E-state index is -1.15. The van der Waals surface area contributed by atoms with Crippen LogP contribution in [0.25, 0.3) is 0 Å². The number of carboxylic acid groups (broad SMARTS) is 1.